The van der Waals surface area contributed by atoms with Crippen molar-refractivity contribution in [3.8, 4) is 0 Å². The van der Waals surface area contributed by atoms with E-state index in [0.717, 1.165) is 59.9 Å². The third-order valence-corrected chi connectivity index (χ3v) is 8.83. The van der Waals surface area contributed by atoms with Gasteiger partial charge in [0, 0.05) is 28.4 Å². The zero-order valence-corrected chi connectivity index (χ0v) is 21.7. The highest BCUT2D eigenvalue weighted by atomic mass is 32.2. The molecule has 3 aromatic rings. The molecule has 1 unspecified atom stereocenters. The minimum atomic E-state index is -0.630. The van der Waals surface area contributed by atoms with E-state index in [1.807, 2.05) is 30.5 Å². The molecule has 2 aliphatic rings. The van der Waals surface area contributed by atoms with Crippen molar-refractivity contribution < 1.29 is 14.6 Å². The number of aromatic nitrogens is 1. The number of nitrogens with one attached hydrogen (secondary N) is 1. The van der Waals surface area contributed by atoms with E-state index in [2.05, 4.69) is 50.0 Å². The number of cyclic esters (lactones) is 1. The lowest BCUT2D eigenvalue weighted by atomic mass is 9.77. The number of ether oxygens (including phenoxy) is 1. The molecule has 2 heterocycles. The minimum Gasteiger partial charge on any atom is -0.511 e. The Morgan fingerprint density at radius 1 is 1.11 bits per heavy atom. The first-order valence-electron chi connectivity index (χ1n) is 12.7. The number of aliphatic hydroxyl groups excluding tert-OH is 1. The molecule has 35 heavy (non-hydrogen) atoms. The third-order valence-electron chi connectivity index (χ3n) is 7.66. The van der Waals surface area contributed by atoms with E-state index in [0.29, 0.717) is 17.2 Å². The van der Waals surface area contributed by atoms with Crippen LogP contribution in [0.1, 0.15) is 70.4 Å². The fraction of sp³-hybridized carbons (Fsp3) is 0.433. The molecule has 5 rings (SSSR count). The van der Waals surface area contributed by atoms with Gasteiger partial charge in [0.2, 0.25) is 0 Å². The number of fused-ring (bicyclic) bond motifs is 1. The van der Waals surface area contributed by atoms with Gasteiger partial charge in [-0.1, -0.05) is 75.7 Å². The molecule has 1 saturated carbocycles. The average Bonchev–Trinajstić information content (AvgIpc) is 3.52. The van der Waals surface area contributed by atoms with Crippen LogP contribution in [0.25, 0.3) is 10.9 Å². The topological polar surface area (TPSA) is 62.3 Å². The van der Waals surface area contributed by atoms with E-state index in [-0.39, 0.29) is 17.1 Å². The largest absolute Gasteiger partial charge is 0.511 e. The number of hydrogen-bond acceptors (Lipinski definition) is 4. The normalized spacial score (nSPS) is 21.6. The Bertz CT molecular complexity index is 1250. The van der Waals surface area contributed by atoms with E-state index in [4.69, 9.17) is 4.74 Å². The van der Waals surface area contributed by atoms with Crippen LogP contribution < -0.4 is 0 Å². The highest BCUT2D eigenvalue weighted by Crippen LogP contribution is 2.49. The Kier molecular flexibility index (Phi) is 6.47. The molecule has 0 amide bonds. The van der Waals surface area contributed by atoms with Gasteiger partial charge in [0.05, 0.1) is 0 Å². The number of esters is 1. The summed E-state index contributed by atoms with van der Waals surface area (Å²) in [6.45, 7) is 6.51. The number of carbonyl (C=O) groups excluding carboxylic acids is 1. The second-order valence-electron chi connectivity index (χ2n) is 11.1. The van der Waals surface area contributed by atoms with Crippen molar-refractivity contribution in [2.45, 2.75) is 81.6 Å². The number of benzene rings is 2. The molecule has 1 aliphatic carbocycles. The van der Waals surface area contributed by atoms with Gasteiger partial charge in [0.1, 0.15) is 16.3 Å². The number of rotatable bonds is 6. The zero-order chi connectivity index (χ0) is 24.6. The second kappa shape index (κ2) is 9.42. The maximum absolute atomic E-state index is 13.5. The SMILES string of the molecule is CC(C)(C)c1cc2[nH]ccc2cc1SC1=C(O)CC(CCc2ccccc2)(C2CCCC2)OC1=O. The minimum absolute atomic E-state index is 0.111. The summed E-state index contributed by atoms with van der Waals surface area (Å²) in [5, 5.41) is 12.4. The van der Waals surface area contributed by atoms with Gasteiger partial charge >= 0.3 is 5.97 Å². The molecule has 1 fully saturated rings. The lowest BCUT2D eigenvalue weighted by molar-refractivity contribution is -0.166. The van der Waals surface area contributed by atoms with Gasteiger partial charge in [-0.05, 0) is 66.3 Å². The Labute approximate surface area is 212 Å². The highest BCUT2D eigenvalue weighted by molar-refractivity contribution is 8.04. The van der Waals surface area contributed by atoms with Gasteiger partial charge < -0.3 is 14.8 Å². The first-order valence-corrected chi connectivity index (χ1v) is 13.6. The molecule has 1 aliphatic heterocycles. The standard InChI is InChI=1S/C30H35NO3S/c1-29(2,3)23-18-24-21(14-16-31-24)17-26(23)35-27-25(32)19-30(34-28(27)33,22-11-7-8-12-22)15-13-20-9-5-4-6-10-20/h4-6,9-10,14,16-18,22,31-32H,7-8,11-13,15,19H2,1-3H3. The quantitative estimate of drug-likeness (QED) is 0.346. The molecule has 1 atom stereocenters. The van der Waals surface area contributed by atoms with Crippen LogP contribution in [0.2, 0.25) is 0 Å². The van der Waals surface area contributed by atoms with Crippen LogP contribution in [0.4, 0.5) is 0 Å². The van der Waals surface area contributed by atoms with E-state index in [9.17, 15) is 9.90 Å². The van der Waals surface area contributed by atoms with Crippen LogP contribution in [0.5, 0.6) is 0 Å². The summed E-state index contributed by atoms with van der Waals surface area (Å²) < 4.78 is 6.35. The van der Waals surface area contributed by atoms with Crippen molar-refractivity contribution in [3.63, 3.8) is 0 Å². The maximum Gasteiger partial charge on any atom is 0.349 e. The molecule has 0 saturated heterocycles. The smallest absolute Gasteiger partial charge is 0.349 e. The van der Waals surface area contributed by atoms with Gasteiger partial charge in [0.15, 0.2) is 0 Å². The summed E-state index contributed by atoms with van der Waals surface area (Å²) in [5.74, 6) is 0.0955. The van der Waals surface area contributed by atoms with Crippen LogP contribution in [0.15, 0.2) is 70.3 Å². The summed E-state index contributed by atoms with van der Waals surface area (Å²) in [4.78, 5) is 18.1. The summed E-state index contributed by atoms with van der Waals surface area (Å²) >= 11 is 1.35. The first-order chi connectivity index (χ1) is 16.7. The van der Waals surface area contributed by atoms with Crippen LogP contribution >= 0.6 is 11.8 Å². The van der Waals surface area contributed by atoms with Gasteiger partial charge in [-0.2, -0.15) is 0 Å². The van der Waals surface area contributed by atoms with E-state index < -0.39 is 5.60 Å². The van der Waals surface area contributed by atoms with Crippen LogP contribution in [0.3, 0.4) is 0 Å². The number of aryl methyl sites for hydroxylation is 1. The van der Waals surface area contributed by atoms with E-state index in [1.54, 1.807) is 0 Å². The molecule has 0 radical (unpaired) electrons. The lowest BCUT2D eigenvalue weighted by Gasteiger charge is -2.41. The fourth-order valence-corrected chi connectivity index (χ4v) is 6.93. The van der Waals surface area contributed by atoms with Crippen molar-refractivity contribution >= 4 is 28.6 Å². The molecular formula is C30H35NO3S. The Hall–Kier alpha value is -2.66. The van der Waals surface area contributed by atoms with Crippen LogP contribution in [-0.2, 0) is 21.4 Å². The fourth-order valence-electron chi connectivity index (χ4n) is 5.73. The van der Waals surface area contributed by atoms with E-state index in [1.165, 1.54) is 17.3 Å². The maximum atomic E-state index is 13.5. The van der Waals surface area contributed by atoms with E-state index >= 15 is 0 Å². The van der Waals surface area contributed by atoms with Crippen molar-refractivity contribution in [3.05, 3.63) is 76.5 Å². The molecule has 2 aromatic carbocycles. The second-order valence-corrected chi connectivity index (χ2v) is 12.2. The number of hydrogen-bond donors (Lipinski definition) is 2. The van der Waals surface area contributed by atoms with Gasteiger partial charge in [-0.25, -0.2) is 4.79 Å². The number of aromatic amines is 1. The first kappa shape index (κ1) is 24.1. The van der Waals surface area contributed by atoms with Crippen LogP contribution in [-0.4, -0.2) is 21.7 Å². The summed E-state index contributed by atoms with van der Waals surface area (Å²) in [7, 11) is 0. The number of H-pyrrole nitrogens is 1. The van der Waals surface area contributed by atoms with Gasteiger partial charge in [-0.15, -0.1) is 0 Å². The molecule has 0 bridgehead atoms. The number of aliphatic hydroxyl groups is 1. The molecule has 0 spiro atoms. The lowest BCUT2D eigenvalue weighted by Crippen LogP contribution is -2.45. The third kappa shape index (κ3) is 4.88. The van der Waals surface area contributed by atoms with Crippen molar-refractivity contribution in [2.75, 3.05) is 0 Å². The van der Waals surface area contributed by atoms with Gasteiger partial charge in [0.25, 0.3) is 0 Å². The number of thioether (sulfide) groups is 1. The molecule has 2 N–H and O–H groups in total. The van der Waals surface area contributed by atoms with Gasteiger partial charge in [-0.3, -0.25) is 0 Å². The molecule has 1 aromatic heterocycles. The monoisotopic (exact) mass is 489 g/mol. The van der Waals surface area contributed by atoms with Crippen molar-refractivity contribution in [2.24, 2.45) is 5.92 Å². The molecule has 4 nitrogen and oxygen atoms in total. The molecular weight excluding hydrogens is 454 g/mol. The zero-order valence-electron chi connectivity index (χ0n) is 20.9. The highest BCUT2D eigenvalue weighted by Gasteiger charge is 2.48. The Morgan fingerprint density at radius 3 is 2.54 bits per heavy atom. The van der Waals surface area contributed by atoms with Crippen molar-refractivity contribution in [1.29, 1.82) is 0 Å². The predicted octanol–water partition coefficient (Wildman–Crippen LogP) is 7.84. The summed E-state index contributed by atoms with van der Waals surface area (Å²) in [5.41, 5.74) is 2.71. The average molecular weight is 490 g/mol. The molecule has 184 valence electrons. The summed E-state index contributed by atoms with van der Waals surface area (Å²) in [6.07, 6.45) is 8.32. The predicted molar refractivity (Wildman–Crippen MR) is 143 cm³/mol. The molecule has 5 heteroatoms. The van der Waals surface area contributed by atoms with Crippen molar-refractivity contribution in [1.82, 2.24) is 4.98 Å². The van der Waals surface area contributed by atoms with Crippen LogP contribution in [0, 0.1) is 5.92 Å². The summed E-state index contributed by atoms with van der Waals surface area (Å²) in [6, 6.07) is 16.7. The Morgan fingerprint density at radius 2 is 1.86 bits per heavy atom. The Balaban J connectivity index is 1.47. The number of carbonyl (C=O) groups is 1.